The first-order chi connectivity index (χ1) is 9.12. The summed E-state index contributed by atoms with van der Waals surface area (Å²) in [6.45, 7) is 0.910. The van der Waals surface area contributed by atoms with Gasteiger partial charge in [0.1, 0.15) is 0 Å². The summed E-state index contributed by atoms with van der Waals surface area (Å²) in [6.07, 6.45) is 5.10. The highest BCUT2D eigenvalue weighted by molar-refractivity contribution is 7.98. The van der Waals surface area contributed by atoms with Crippen molar-refractivity contribution >= 4 is 27.5 Å². The second-order valence-electron chi connectivity index (χ2n) is 4.69. The number of anilines is 1. The van der Waals surface area contributed by atoms with Crippen molar-refractivity contribution in [1.29, 1.82) is 0 Å². The van der Waals surface area contributed by atoms with Gasteiger partial charge >= 0.3 is 0 Å². The Bertz CT molecular complexity index is 496. The summed E-state index contributed by atoms with van der Waals surface area (Å²) >= 11 is 1.83. The maximum absolute atomic E-state index is 12.0. The topological polar surface area (TPSA) is 58.2 Å². The lowest BCUT2D eigenvalue weighted by atomic mass is 10.3. The van der Waals surface area contributed by atoms with Crippen molar-refractivity contribution in [3.8, 4) is 0 Å². The molecule has 0 amide bonds. The molecule has 0 radical (unpaired) electrons. The van der Waals surface area contributed by atoms with Crippen molar-refractivity contribution in [2.24, 2.45) is 0 Å². The van der Waals surface area contributed by atoms with Crippen LogP contribution in [-0.2, 0) is 10.0 Å². The van der Waals surface area contributed by atoms with Gasteiger partial charge in [-0.2, -0.15) is 11.8 Å². The van der Waals surface area contributed by atoms with E-state index in [2.05, 4.69) is 16.3 Å². The third-order valence-corrected chi connectivity index (χ3v) is 5.15. The maximum atomic E-state index is 12.0. The molecule has 0 bridgehead atoms. The molecule has 6 heteroatoms. The molecule has 0 saturated heterocycles. The van der Waals surface area contributed by atoms with E-state index >= 15 is 0 Å². The van der Waals surface area contributed by atoms with Crippen LogP contribution >= 0.6 is 11.8 Å². The van der Waals surface area contributed by atoms with Crippen LogP contribution in [-0.4, -0.2) is 33.0 Å². The zero-order chi connectivity index (χ0) is 13.7. The average Bonchev–Trinajstić information content (AvgIpc) is 3.18. The molecule has 19 heavy (non-hydrogen) atoms. The molecule has 0 unspecified atom stereocenters. The Kier molecular flexibility index (Phi) is 5.13. The molecule has 1 aliphatic rings. The van der Waals surface area contributed by atoms with E-state index in [0.29, 0.717) is 4.90 Å². The van der Waals surface area contributed by atoms with Crippen LogP contribution in [0.15, 0.2) is 29.2 Å². The minimum Gasteiger partial charge on any atom is -0.385 e. The van der Waals surface area contributed by atoms with Crippen LogP contribution in [0.2, 0.25) is 0 Å². The molecule has 1 aromatic rings. The van der Waals surface area contributed by atoms with Crippen LogP contribution in [0.3, 0.4) is 0 Å². The quantitative estimate of drug-likeness (QED) is 0.723. The van der Waals surface area contributed by atoms with Gasteiger partial charge in [0, 0.05) is 18.3 Å². The average molecular weight is 300 g/mol. The first kappa shape index (κ1) is 14.7. The fourth-order valence-electron chi connectivity index (χ4n) is 1.69. The predicted molar refractivity (Wildman–Crippen MR) is 81.3 cm³/mol. The number of nitrogens with one attached hydrogen (secondary N) is 2. The number of sulfonamides is 1. The first-order valence-corrected chi connectivity index (χ1v) is 9.35. The van der Waals surface area contributed by atoms with Crippen molar-refractivity contribution in [2.75, 3.05) is 23.9 Å². The SMILES string of the molecule is CSCCCNc1ccc(S(=O)(=O)NC2CC2)cc1. The number of hydrogen-bond donors (Lipinski definition) is 2. The molecule has 0 atom stereocenters. The van der Waals surface area contributed by atoms with Gasteiger partial charge in [-0.1, -0.05) is 0 Å². The van der Waals surface area contributed by atoms with Crippen LogP contribution in [0.1, 0.15) is 19.3 Å². The van der Waals surface area contributed by atoms with Crippen molar-refractivity contribution in [3.05, 3.63) is 24.3 Å². The van der Waals surface area contributed by atoms with Crippen molar-refractivity contribution in [2.45, 2.75) is 30.2 Å². The van der Waals surface area contributed by atoms with E-state index in [-0.39, 0.29) is 6.04 Å². The number of thioether (sulfide) groups is 1. The lowest BCUT2D eigenvalue weighted by Crippen LogP contribution is -2.25. The van der Waals surface area contributed by atoms with Gasteiger partial charge in [0.2, 0.25) is 10.0 Å². The van der Waals surface area contributed by atoms with Gasteiger partial charge in [-0.05, 0) is 55.5 Å². The van der Waals surface area contributed by atoms with E-state index in [1.165, 1.54) is 0 Å². The second-order valence-corrected chi connectivity index (χ2v) is 7.39. The fourth-order valence-corrected chi connectivity index (χ4v) is 3.43. The molecule has 0 aromatic heterocycles. The summed E-state index contributed by atoms with van der Waals surface area (Å²) in [6, 6.07) is 7.10. The zero-order valence-electron chi connectivity index (χ0n) is 11.1. The van der Waals surface area contributed by atoms with Gasteiger partial charge < -0.3 is 5.32 Å². The van der Waals surface area contributed by atoms with Crippen LogP contribution in [0.25, 0.3) is 0 Å². The van der Waals surface area contributed by atoms with Crippen molar-refractivity contribution < 1.29 is 8.42 Å². The molecular formula is C13H20N2O2S2. The molecule has 2 rings (SSSR count). The van der Waals surface area contributed by atoms with Gasteiger partial charge in [-0.3, -0.25) is 0 Å². The highest BCUT2D eigenvalue weighted by Gasteiger charge is 2.27. The summed E-state index contributed by atoms with van der Waals surface area (Å²) in [5, 5.41) is 3.28. The van der Waals surface area contributed by atoms with Gasteiger partial charge in [0.25, 0.3) is 0 Å². The minimum absolute atomic E-state index is 0.148. The van der Waals surface area contributed by atoms with Gasteiger partial charge in [0.15, 0.2) is 0 Å². The highest BCUT2D eigenvalue weighted by atomic mass is 32.2. The smallest absolute Gasteiger partial charge is 0.240 e. The van der Waals surface area contributed by atoms with Gasteiger partial charge in [-0.25, -0.2) is 13.1 Å². The van der Waals surface area contributed by atoms with Crippen LogP contribution in [0.4, 0.5) is 5.69 Å². The summed E-state index contributed by atoms with van der Waals surface area (Å²) in [7, 11) is -3.32. The standard InChI is InChI=1S/C13H20N2O2S2/c1-18-10-2-9-14-11-5-7-13(8-6-11)19(16,17)15-12-3-4-12/h5-8,12,14-15H,2-4,9-10H2,1H3. The Morgan fingerprint density at radius 1 is 1.26 bits per heavy atom. The van der Waals surface area contributed by atoms with E-state index in [4.69, 9.17) is 0 Å². The highest BCUT2D eigenvalue weighted by Crippen LogP contribution is 2.22. The molecule has 0 aliphatic heterocycles. The Hall–Kier alpha value is -0.720. The summed E-state index contributed by atoms with van der Waals surface area (Å²) in [4.78, 5) is 0.342. The molecule has 4 nitrogen and oxygen atoms in total. The first-order valence-electron chi connectivity index (χ1n) is 6.47. The molecular weight excluding hydrogens is 280 g/mol. The van der Waals surface area contributed by atoms with Crippen LogP contribution in [0, 0.1) is 0 Å². The van der Waals surface area contributed by atoms with Gasteiger partial charge in [-0.15, -0.1) is 0 Å². The number of rotatable bonds is 8. The lowest BCUT2D eigenvalue weighted by Gasteiger charge is -2.08. The van der Waals surface area contributed by atoms with E-state index in [1.807, 2.05) is 23.9 Å². The van der Waals surface area contributed by atoms with E-state index < -0.39 is 10.0 Å². The fraction of sp³-hybridized carbons (Fsp3) is 0.538. The van der Waals surface area contributed by atoms with Crippen LogP contribution in [0.5, 0.6) is 0 Å². The van der Waals surface area contributed by atoms with Gasteiger partial charge in [0.05, 0.1) is 4.90 Å². The summed E-state index contributed by atoms with van der Waals surface area (Å²) < 4.78 is 26.6. The number of benzene rings is 1. The summed E-state index contributed by atoms with van der Waals surface area (Å²) in [5.41, 5.74) is 0.964. The normalized spacial score (nSPS) is 15.4. The second kappa shape index (κ2) is 6.63. The molecule has 1 aliphatic carbocycles. The molecule has 1 aromatic carbocycles. The van der Waals surface area contributed by atoms with Crippen molar-refractivity contribution in [3.63, 3.8) is 0 Å². The Morgan fingerprint density at radius 2 is 1.95 bits per heavy atom. The molecule has 0 heterocycles. The number of hydrogen-bond acceptors (Lipinski definition) is 4. The minimum atomic E-state index is -3.32. The molecule has 106 valence electrons. The Balaban J connectivity index is 1.90. The summed E-state index contributed by atoms with van der Waals surface area (Å²) in [5.74, 6) is 1.13. The molecule has 1 fully saturated rings. The lowest BCUT2D eigenvalue weighted by molar-refractivity contribution is 0.581. The van der Waals surface area contributed by atoms with E-state index in [9.17, 15) is 8.42 Å². The predicted octanol–water partition coefficient (Wildman–Crippen LogP) is 2.29. The Labute approximate surface area is 119 Å². The molecule has 0 spiro atoms. The van der Waals surface area contributed by atoms with Crippen LogP contribution < -0.4 is 10.0 Å². The Morgan fingerprint density at radius 3 is 2.53 bits per heavy atom. The monoisotopic (exact) mass is 300 g/mol. The molecule has 2 N–H and O–H groups in total. The molecule has 1 saturated carbocycles. The largest absolute Gasteiger partial charge is 0.385 e. The van der Waals surface area contributed by atoms with Crippen molar-refractivity contribution in [1.82, 2.24) is 4.72 Å². The van der Waals surface area contributed by atoms with E-state index in [0.717, 1.165) is 37.2 Å². The zero-order valence-corrected chi connectivity index (χ0v) is 12.7. The third-order valence-electron chi connectivity index (χ3n) is 2.92. The van der Waals surface area contributed by atoms with E-state index in [1.54, 1.807) is 12.1 Å². The third kappa shape index (κ3) is 4.71. The maximum Gasteiger partial charge on any atom is 0.240 e.